The molecule has 0 bridgehead atoms. The van der Waals surface area contributed by atoms with Crippen LogP contribution in [0.1, 0.15) is 19.8 Å². The number of nitrogens with one attached hydrogen (secondary N) is 1. The number of alkyl halides is 1. The molecule has 0 heterocycles. The van der Waals surface area contributed by atoms with E-state index in [2.05, 4.69) is 20.7 Å². The molecule has 3 nitrogen and oxygen atoms in total. The minimum Gasteiger partial charge on any atom is -0.211 e. The van der Waals surface area contributed by atoms with E-state index in [0.717, 1.165) is 6.42 Å². The van der Waals surface area contributed by atoms with E-state index in [1.807, 2.05) is 6.92 Å². The Hall–Kier alpha value is 0.190. The molecule has 1 unspecified atom stereocenters. The van der Waals surface area contributed by atoms with Crippen LogP contribution < -0.4 is 4.72 Å². The Kier molecular flexibility index (Phi) is 6.41. The van der Waals surface area contributed by atoms with Crippen LogP contribution in [-0.2, 0) is 10.0 Å². The summed E-state index contributed by atoms with van der Waals surface area (Å²) in [6.45, 7) is 2.26. The van der Waals surface area contributed by atoms with E-state index in [1.54, 1.807) is 6.07 Å². The Morgan fingerprint density at radius 3 is 2.67 bits per heavy atom. The minimum absolute atomic E-state index is 0.0548. The first-order valence-corrected chi connectivity index (χ1v) is 8.51. The molecule has 0 fully saturated rings. The quantitative estimate of drug-likeness (QED) is 0.608. The van der Waals surface area contributed by atoms with Gasteiger partial charge in [0.2, 0.25) is 10.0 Å². The van der Waals surface area contributed by atoms with E-state index < -0.39 is 10.0 Å². The van der Waals surface area contributed by atoms with Gasteiger partial charge in [-0.25, -0.2) is 13.1 Å². The summed E-state index contributed by atoms with van der Waals surface area (Å²) in [6.07, 6.45) is 1.48. The van der Waals surface area contributed by atoms with Crippen molar-refractivity contribution in [1.29, 1.82) is 0 Å². The zero-order chi connectivity index (χ0) is 13.8. The predicted molar refractivity (Wildman–Crippen MR) is 78.9 cm³/mol. The monoisotopic (exact) mass is 373 g/mol. The van der Waals surface area contributed by atoms with Gasteiger partial charge in [0.05, 0.1) is 9.92 Å². The number of rotatable bonds is 6. The molecule has 0 amide bonds. The molecule has 0 aliphatic rings. The number of hydrogen-bond acceptors (Lipinski definition) is 2. The van der Waals surface area contributed by atoms with Crippen molar-refractivity contribution >= 4 is 49.2 Å². The molecule has 1 aromatic carbocycles. The molecule has 0 radical (unpaired) electrons. The van der Waals surface area contributed by atoms with Gasteiger partial charge in [-0.1, -0.05) is 11.6 Å². The lowest BCUT2D eigenvalue weighted by Crippen LogP contribution is -2.25. The lowest BCUT2D eigenvalue weighted by Gasteiger charge is -2.08. The van der Waals surface area contributed by atoms with Crippen molar-refractivity contribution in [2.24, 2.45) is 0 Å². The fourth-order valence-electron chi connectivity index (χ4n) is 1.32. The Bertz CT molecular complexity index is 506. The summed E-state index contributed by atoms with van der Waals surface area (Å²) < 4.78 is 26.9. The van der Waals surface area contributed by atoms with Gasteiger partial charge < -0.3 is 0 Å². The van der Waals surface area contributed by atoms with Crippen LogP contribution in [0.25, 0.3) is 0 Å². The second-order valence-corrected chi connectivity index (χ2v) is 7.67. The van der Waals surface area contributed by atoms with Crippen LogP contribution >= 0.6 is 39.1 Å². The highest BCUT2D eigenvalue weighted by atomic mass is 79.9. The Labute approximate surface area is 126 Å². The molecule has 0 spiro atoms. The van der Waals surface area contributed by atoms with Crippen LogP contribution in [0.4, 0.5) is 0 Å². The van der Waals surface area contributed by atoms with Crippen LogP contribution in [0.15, 0.2) is 27.6 Å². The molecule has 0 aliphatic carbocycles. The predicted octanol–water partition coefficient (Wildman–Crippen LogP) is 3.79. The van der Waals surface area contributed by atoms with Crippen molar-refractivity contribution in [1.82, 2.24) is 4.72 Å². The molecule has 7 heteroatoms. The van der Waals surface area contributed by atoms with E-state index in [0.29, 0.717) is 22.5 Å². The lowest BCUT2D eigenvalue weighted by atomic mass is 10.2. The first-order valence-electron chi connectivity index (χ1n) is 5.41. The summed E-state index contributed by atoms with van der Waals surface area (Å²) in [4.78, 5) is 0.192. The van der Waals surface area contributed by atoms with Crippen LogP contribution in [0.5, 0.6) is 0 Å². The van der Waals surface area contributed by atoms with Crippen LogP contribution in [-0.4, -0.2) is 20.3 Å². The molecule has 102 valence electrons. The zero-order valence-corrected chi connectivity index (χ0v) is 13.7. The summed E-state index contributed by atoms with van der Waals surface area (Å²) in [7, 11) is -3.48. The van der Waals surface area contributed by atoms with E-state index in [9.17, 15) is 8.42 Å². The maximum atomic E-state index is 11.9. The molecule has 0 saturated carbocycles. The number of halogens is 3. The van der Waals surface area contributed by atoms with E-state index >= 15 is 0 Å². The van der Waals surface area contributed by atoms with Gasteiger partial charge in [-0.05, 0) is 53.9 Å². The van der Waals surface area contributed by atoms with E-state index in [4.69, 9.17) is 23.2 Å². The topological polar surface area (TPSA) is 46.2 Å². The summed E-state index contributed by atoms with van der Waals surface area (Å²) in [5, 5.41) is 0.532. The van der Waals surface area contributed by atoms with Crippen molar-refractivity contribution in [3.05, 3.63) is 27.7 Å². The van der Waals surface area contributed by atoms with Crippen LogP contribution in [0.3, 0.4) is 0 Å². The van der Waals surface area contributed by atoms with Crippen LogP contribution in [0.2, 0.25) is 5.02 Å². The Morgan fingerprint density at radius 1 is 1.44 bits per heavy atom. The fourth-order valence-corrected chi connectivity index (χ4v) is 3.22. The first kappa shape index (κ1) is 16.2. The van der Waals surface area contributed by atoms with Crippen LogP contribution in [0, 0.1) is 0 Å². The van der Waals surface area contributed by atoms with Gasteiger partial charge in [-0.3, -0.25) is 0 Å². The van der Waals surface area contributed by atoms with E-state index in [1.165, 1.54) is 12.1 Å². The minimum atomic E-state index is -3.48. The van der Waals surface area contributed by atoms with Gasteiger partial charge in [-0.15, -0.1) is 11.6 Å². The van der Waals surface area contributed by atoms with Gasteiger partial charge in [0.15, 0.2) is 0 Å². The molecule has 1 atom stereocenters. The van der Waals surface area contributed by atoms with Gasteiger partial charge in [-0.2, -0.15) is 0 Å². The molecule has 0 aromatic heterocycles. The molecule has 0 aliphatic heterocycles. The average Bonchev–Trinajstić information content (AvgIpc) is 2.28. The maximum Gasteiger partial charge on any atom is 0.240 e. The average molecular weight is 375 g/mol. The summed E-state index contributed by atoms with van der Waals surface area (Å²) in [6, 6.07) is 4.50. The van der Waals surface area contributed by atoms with Crippen molar-refractivity contribution in [3.63, 3.8) is 0 Å². The molecule has 18 heavy (non-hydrogen) atoms. The van der Waals surface area contributed by atoms with Gasteiger partial charge in [0, 0.05) is 16.4 Å². The first-order chi connectivity index (χ1) is 8.33. The molecule has 0 saturated heterocycles. The number of hydrogen-bond donors (Lipinski definition) is 1. The smallest absolute Gasteiger partial charge is 0.211 e. The van der Waals surface area contributed by atoms with Crippen molar-refractivity contribution in [2.45, 2.75) is 30.0 Å². The van der Waals surface area contributed by atoms with Crippen molar-refractivity contribution < 1.29 is 8.42 Å². The Balaban J connectivity index is 2.66. The molecular formula is C11H14BrCl2NO2S. The summed E-state index contributed by atoms with van der Waals surface area (Å²) >= 11 is 14.8. The third-order valence-electron chi connectivity index (χ3n) is 2.27. The van der Waals surface area contributed by atoms with E-state index in [-0.39, 0.29) is 10.3 Å². The molecule has 1 aromatic rings. The summed E-state index contributed by atoms with van der Waals surface area (Å²) in [5.74, 6) is 0. The second kappa shape index (κ2) is 7.10. The summed E-state index contributed by atoms with van der Waals surface area (Å²) in [5.41, 5.74) is 0. The normalized spacial score (nSPS) is 13.6. The van der Waals surface area contributed by atoms with Gasteiger partial charge in [0.25, 0.3) is 0 Å². The van der Waals surface area contributed by atoms with Gasteiger partial charge >= 0.3 is 0 Å². The third-order valence-corrected chi connectivity index (χ3v) is 5.16. The highest BCUT2D eigenvalue weighted by Crippen LogP contribution is 2.25. The molecular weight excluding hydrogens is 361 g/mol. The standard InChI is InChI=1S/C11H14BrCl2NO2S/c1-8(13)3-2-6-15-18(16,17)9-4-5-11(14)10(12)7-9/h4-5,7-8,15H,2-3,6H2,1H3. The maximum absolute atomic E-state index is 11.9. The lowest BCUT2D eigenvalue weighted by molar-refractivity contribution is 0.576. The molecule has 1 N–H and O–H groups in total. The highest BCUT2D eigenvalue weighted by Gasteiger charge is 2.14. The largest absolute Gasteiger partial charge is 0.240 e. The SMILES string of the molecule is CC(Cl)CCCNS(=O)(=O)c1ccc(Cl)c(Br)c1. The van der Waals surface area contributed by atoms with Crippen molar-refractivity contribution in [3.8, 4) is 0 Å². The number of sulfonamides is 1. The zero-order valence-electron chi connectivity index (χ0n) is 9.79. The third kappa shape index (κ3) is 5.05. The van der Waals surface area contributed by atoms with Gasteiger partial charge in [0.1, 0.15) is 0 Å². The fraction of sp³-hybridized carbons (Fsp3) is 0.455. The highest BCUT2D eigenvalue weighted by molar-refractivity contribution is 9.10. The Morgan fingerprint density at radius 2 is 2.11 bits per heavy atom. The second-order valence-electron chi connectivity index (χ2n) is 3.90. The molecule has 1 rings (SSSR count). The number of benzene rings is 1. The van der Waals surface area contributed by atoms with Crippen molar-refractivity contribution in [2.75, 3.05) is 6.54 Å².